The van der Waals surface area contributed by atoms with Crippen molar-refractivity contribution in [3.05, 3.63) is 0 Å². The molecule has 2 saturated heterocycles. The van der Waals surface area contributed by atoms with Crippen molar-refractivity contribution in [2.75, 3.05) is 0 Å². The SMILES string of the molecule is O[PH]1(O)C2NC21. The Morgan fingerprint density at radius 1 is 1.33 bits per heavy atom. The fourth-order valence-corrected chi connectivity index (χ4v) is 2.39. The van der Waals surface area contributed by atoms with Gasteiger partial charge < -0.3 is 0 Å². The van der Waals surface area contributed by atoms with Crippen molar-refractivity contribution in [1.29, 1.82) is 0 Å². The number of fused-ring (bicyclic) bond motifs is 1. The Morgan fingerprint density at radius 3 is 1.67 bits per heavy atom. The molecule has 36 valence electrons. The van der Waals surface area contributed by atoms with Crippen molar-refractivity contribution < 1.29 is 9.79 Å². The summed E-state index contributed by atoms with van der Waals surface area (Å²) in [6.07, 6.45) is 0. The van der Waals surface area contributed by atoms with Crippen molar-refractivity contribution in [1.82, 2.24) is 5.32 Å². The second-order valence-corrected chi connectivity index (χ2v) is 4.72. The molecule has 4 heteroatoms. The zero-order chi connectivity index (χ0) is 4.36. The summed E-state index contributed by atoms with van der Waals surface area (Å²) in [5.41, 5.74) is 0. The first kappa shape index (κ1) is 3.33. The maximum atomic E-state index is 8.58. The second-order valence-electron chi connectivity index (χ2n) is 1.91. The van der Waals surface area contributed by atoms with Crippen molar-refractivity contribution in [2.24, 2.45) is 0 Å². The summed E-state index contributed by atoms with van der Waals surface area (Å²) < 4.78 is 0. The zero-order valence-electron chi connectivity index (χ0n) is 3.05. The summed E-state index contributed by atoms with van der Waals surface area (Å²) in [4.78, 5) is 17.2. The van der Waals surface area contributed by atoms with Gasteiger partial charge in [-0.3, -0.25) is 0 Å². The minimum atomic E-state index is -2.48. The normalized spacial score (nSPS) is 62.3. The van der Waals surface area contributed by atoms with Gasteiger partial charge in [0.15, 0.2) is 0 Å². The summed E-state index contributed by atoms with van der Waals surface area (Å²) in [6.45, 7) is 0. The molecular formula is C2H6NO2P. The summed E-state index contributed by atoms with van der Waals surface area (Å²) in [5, 5.41) is 2.85. The van der Waals surface area contributed by atoms with Gasteiger partial charge in [-0.2, -0.15) is 0 Å². The van der Waals surface area contributed by atoms with Crippen LogP contribution in [0.2, 0.25) is 0 Å². The van der Waals surface area contributed by atoms with Crippen LogP contribution in [0.15, 0.2) is 0 Å². The molecule has 0 radical (unpaired) electrons. The first-order chi connectivity index (χ1) is 2.73. The third-order valence-corrected chi connectivity index (χ3v) is 3.84. The van der Waals surface area contributed by atoms with Gasteiger partial charge in [0.25, 0.3) is 0 Å². The van der Waals surface area contributed by atoms with E-state index in [0.717, 1.165) is 0 Å². The van der Waals surface area contributed by atoms with E-state index in [1.54, 1.807) is 0 Å². The van der Waals surface area contributed by atoms with Crippen LogP contribution in [-0.4, -0.2) is 21.4 Å². The van der Waals surface area contributed by atoms with Crippen molar-refractivity contribution >= 4 is 7.72 Å². The molecule has 0 amide bonds. The third-order valence-electron chi connectivity index (χ3n) is 1.39. The molecule has 0 aromatic carbocycles. The first-order valence-electron chi connectivity index (χ1n) is 1.94. The predicted molar refractivity (Wildman–Crippen MR) is 23.5 cm³/mol. The molecule has 2 fully saturated rings. The van der Waals surface area contributed by atoms with E-state index < -0.39 is 7.72 Å². The molecule has 0 aromatic rings. The molecule has 3 nitrogen and oxygen atoms in total. The van der Waals surface area contributed by atoms with Gasteiger partial charge in [-0.15, -0.1) is 0 Å². The molecule has 2 aliphatic heterocycles. The second kappa shape index (κ2) is 0.557. The Bertz CT molecular complexity index is 93.7. The van der Waals surface area contributed by atoms with Crippen LogP contribution in [0, 0.1) is 0 Å². The summed E-state index contributed by atoms with van der Waals surface area (Å²) in [7, 11) is -2.48. The zero-order valence-corrected chi connectivity index (χ0v) is 4.05. The van der Waals surface area contributed by atoms with Crippen LogP contribution in [0.3, 0.4) is 0 Å². The Balaban J connectivity index is 2.21. The number of hydrogen-bond donors (Lipinski definition) is 3. The fraction of sp³-hybridized carbons (Fsp3) is 1.00. The van der Waals surface area contributed by atoms with Gasteiger partial charge in [0.1, 0.15) is 0 Å². The standard InChI is InChI=1S/C2H6NO2P/c4-6(5)1-2(6)3-1/h1-6H. The summed E-state index contributed by atoms with van der Waals surface area (Å²) in [6, 6.07) is 0. The quantitative estimate of drug-likeness (QED) is 0.269. The van der Waals surface area contributed by atoms with Crippen LogP contribution in [0.5, 0.6) is 0 Å². The Hall–Kier alpha value is 0.310. The monoisotopic (exact) mass is 107 g/mol. The number of hydrogen-bond acceptors (Lipinski definition) is 3. The van der Waals surface area contributed by atoms with Crippen LogP contribution >= 0.6 is 7.72 Å². The van der Waals surface area contributed by atoms with Crippen molar-refractivity contribution in [3.63, 3.8) is 0 Å². The molecule has 2 atom stereocenters. The van der Waals surface area contributed by atoms with E-state index in [2.05, 4.69) is 5.32 Å². The van der Waals surface area contributed by atoms with E-state index in [4.69, 9.17) is 9.79 Å². The average Bonchev–Trinajstić information content (AvgIpc) is 2.13. The van der Waals surface area contributed by atoms with Gasteiger partial charge in [0.2, 0.25) is 0 Å². The fourth-order valence-electron chi connectivity index (χ4n) is 0.648. The van der Waals surface area contributed by atoms with E-state index in [0.29, 0.717) is 0 Å². The van der Waals surface area contributed by atoms with Gasteiger partial charge in [0, 0.05) is 0 Å². The van der Waals surface area contributed by atoms with E-state index in [9.17, 15) is 0 Å². The molecule has 0 saturated carbocycles. The summed E-state index contributed by atoms with van der Waals surface area (Å²) in [5.74, 6) is 0.329. The molecular weight excluding hydrogens is 101 g/mol. The number of rotatable bonds is 0. The van der Waals surface area contributed by atoms with Crippen LogP contribution < -0.4 is 5.32 Å². The van der Waals surface area contributed by atoms with Gasteiger partial charge in [0.05, 0.1) is 0 Å². The molecule has 2 heterocycles. The van der Waals surface area contributed by atoms with Gasteiger partial charge in [-0.1, -0.05) is 0 Å². The Kier molecular flexibility index (Phi) is 0.309. The van der Waals surface area contributed by atoms with Crippen molar-refractivity contribution in [2.45, 2.75) is 11.6 Å². The van der Waals surface area contributed by atoms with E-state index in [1.807, 2.05) is 0 Å². The predicted octanol–water partition coefficient (Wildman–Crippen LogP) is -1.18. The molecule has 0 aromatic heterocycles. The van der Waals surface area contributed by atoms with E-state index in [1.165, 1.54) is 0 Å². The van der Waals surface area contributed by atoms with Crippen molar-refractivity contribution in [3.8, 4) is 0 Å². The topological polar surface area (TPSA) is 62.4 Å². The Labute approximate surface area is 35.5 Å². The van der Waals surface area contributed by atoms with Crippen LogP contribution in [0.25, 0.3) is 0 Å². The molecule has 0 aliphatic carbocycles. The molecule has 0 spiro atoms. The van der Waals surface area contributed by atoms with Crippen LogP contribution in [-0.2, 0) is 0 Å². The van der Waals surface area contributed by atoms with Gasteiger partial charge >= 0.3 is 34.4 Å². The number of nitrogens with one attached hydrogen (secondary N) is 1. The van der Waals surface area contributed by atoms with E-state index >= 15 is 0 Å². The van der Waals surface area contributed by atoms with E-state index in [-0.39, 0.29) is 11.6 Å². The molecule has 6 heavy (non-hydrogen) atoms. The minimum absolute atomic E-state index is 0.164. The Morgan fingerprint density at radius 2 is 1.67 bits per heavy atom. The summed E-state index contributed by atoms with van der Waals surface area (Å²) >= 11 is 0. The van der Waals surface area contributed by atoms with Gasteiger partial charge in [-0.25, -0.2) is 0 Å². The molecule has 2 rings (SSSR count). The third kappa shape index (κ3) is 0.178. The maximum absolute atomic E-state index is 8.58. The van der Waals surface area contributed by atoms with Crippen LogP contribution in [0.1, 0.15) is 0 Å². The first-order valence-corrected chi connectivity index (χ1v) is 3.98. The molecule has 2 aliphatic rings. The molecule has 0 bridgehead atoms. The molecule has 3 N–H and O–H groups in total. The van der Waals surface area contributed by atoms with Crippen LogP contribution in [0.4, 0.5) is 0 Å². The molecule has 2 unspecified atom stereocenters. The average molecular weight is 107 g/mol. The van der Waals surface area contributed by atoms with Gasteiger partial charge in [-0.05, 0) is 0 Å².